The van der Waals surface area contributed by atoms with Crippen LogP contribution in [0.25, 0.3) is 11.1 Å². The first-order valence-corrected chi connectivity index (χ1v) is 15.4. The summed E-state index contributed by atoms with van der Waals surface area (Å²) in [6.07, 6.45) is 19.3. The standard InChI is InChI=1S/C35H49NO2/c1-3-5-7-9-10-12-14-29-15-17-30(18-16-29)31-19-21-33(22-20-31)38-34(37)32-23-26-35(28-36,27-24-32)25-13-11-8-6-4-2/h15-22,32H,3-14,23-27H2,1-2H3. The van der Waals surface area contributed by atoms with Crippen molar-refractivity contribution in [1.29, 1.82) is 5.26 Å². The molecule has 2 aromatic carbocycles. The number of aryl methyl sites for hydroxylation is 1. The van der Waals surface area contributed by atoms with E-state index in [1.54, 1.807) is 0 Å². The van der Waals surface area contributed by atoms with Crippen LogP contribution in [0.2, 0.25) is 0 Å². The number of rotatable bonds is 16. The van der Waals surface area contributed by atoms with Gasteiger partial charge in [0.15, 0.2) is 0 Å². The molecule has 1 aliphatic carbocycles. The molecule has 0 saturated heterocycles. The number of hydrogen-bond acceptors (Lipinski definition) is 3. The summed E-state index contributed by atoms with van der Waals surface area (Å²) in [5.41, 5.74) is 3.48. The summed E-state index contributed by atoms with van der Waals surface area (Å²) in [5, 5.41) is 9.85. The third kappa shape index (κ3) is 9.61. The summed E-state index contributed by atoms with van der Waals surface area (Å²) in [7, 11) is 0. The molecule has 3 nitrogen and oxygen atoms in total. The van der Waals surface area contributed by atoms with Crippen LogP contribution in [0, 0.1) is 22.7 Å². The Morgan fingerprint density at radius 1 is 0.789 bits per heavy atom. The summed E-state index contributed by atoms with van der Waals surface area (Å²) < 4.78 is 5.75. The third-order valence-corrected chi connectivity index (χ3v) is 8.45. The molecule has 0 unspecified atom stereocenters. The monoisotopic (exact) mass is 515 g/mol. The average molecular weight is 516 g/mol. The summed E-state index contributed by atoms with van der Waals surface area (Å²) >= 11 is 0. The second kappa shape index (κ2) is 16.4. The van der Waals surface area contributed by atoms with Crippen LogP contribution in [0.5, 0.6) is 5.75 Å². The fraction of sp³-hybridized carbons (Fsp3) is 0.600. The predicted molar refractivity (Wildman–Crippen MR) is 158 cm³/mol. The topological polar surface area (TPSA) is 50.1 Å². The van der Waals surface area contributed by atoms with Gasteiger partial charge in [0.2, 0.25) is 0 Å². The van der Waals surface area contributed by atoms with Crippen molar-refractivity contribution >= 4 is 5.97 Å². The zero-order valence-electron chi connectivity index (χ0n) is 24.0. The smallest absolute Gasteiger partial charge is 0.314 e. The number of unbranched alkanes of at least 4 members (excludes halogenated alkanes) is 9. The van der Waals surface area contributed by atoms with E-state index in [-0.39, 0.29) is 17.3 Å². The second-order valence-electron chi connectivity index (χ2n) is 11.5. The predicted octanol–water partition coefficient (Wildman–Crippen LogP) is 10.2. The molecule has 0 N–H and O–H groups in total. The molecule has 38 heavy (non-hydrogen) atoms. The quantitative estimate of drug-likeness (QED) is 0.127. The SMILES string of the molecule is CCCCCCCCc1ccc(-c2ccc(OC(=O)C3CCC(C#N)(CCCCCCC)CC3)cc2)cc1. The molecular formula is C35H49NO2. The van der Waals surface area contributed by atoms with E-state index in [1.807, 2.05) is 24.3 Å². The van der Waals surface area contributed by atoms with E-state index in [0.717, 1.165) is 50.5 Å². The molecule has 0 amide bonds. The normalized spacial score (nSPS) is 19.1. The number of esters is 1. The molecule has 0 aliphatic heterocycles. The summed E-state index contributed by atoms with van der Waals surface area (Å²) in [4.78, 5) is 12.8. The highest BCUT2D eigenvalue weighted by Crippen LogP contribution is 2.43. The zero-order valence-corrected chi connectivity index (χ0v) is 24.0. The Hall–Kier alpha value is -2.60. The van der Waals surface area contributed by atoms with Gasteiger partial charge >= 0.3 is 5.97 Å². The van der Waals surface area contributed by atoms with Gasteiger partial charge in [-0.25, -0.2) is 0 Å². The number of nitrogens with zero attached hydrogens (tertiary/aromatic N) is 1. The number of hydrogen-bond donors (Lipinski definition) is 0. The Kier molecular flexibility index (Phi) is 12.9. The molecule has 206 valence electrons. The first-order chi connectivity index (χ1) is 18.6. The Bertz CT molecular complexity index is 978. The van der Waals surface area contributed by atoms with Crippen LogP contribution in [0.4, 0.5) is 0 Å². The number of carbonyl (C=O) groups is 1. The van der Waals surface area contributed by atoms with Gasteiger partial charge in [-0.05, 0) is 73.8 Å². The number of benzene rings is 2. The van der Waals surface area contributed by atoms with Gasteiger partial charge in [-0.2, -0.15) is 5.26 Å². The molecule has 1 aliphatic rings. The highest BCUT2D eigenvalue weighted by Gasteiger charge is 2.37. The fourth-order valence-electron chi connectivity index (χ4n) is 5.78. The molecule has 0 heterocycles. The first kappa shape index (κ1) is 29.9. The number of ether oxygens (including phenoxy) is 1. The highest BCUT2D eigenvalue weighted by molar-refractivity contribution is 5.75. The summed E-state index contributed by atoms with van der Waals surface area (Å²) in [6, 6.07) is 19.3. The van der Waals surface area contributed by atoms with E-state index in [0.29, 0.717) is 5.75 Å². The van der Waals surface area contributed by atoms with E-state index in [4.69, 9.17) is 4.74 Å². The van der Waals surface area contributed by atoms with Crippen LogP contribution in [0.3, 0.4) is 0 Å². The van der Waals surface area contributed by atoms with E-state index < -0.39 is 0 Å². The van der Waals surface area contributed by atoms with Crippen molar-refractivity contribution in [2.24, 2.45) is 11.3 Å². The van der Waals surface area contributed by atoms with E-state index in [2.05, 4.69) is 44.2 Å². The van der Waals surface area contributed by atoms with Gasteiger partial charge in [-0.3, -0.25) is 4.79 Å². The van der Waals surface area contributed by atoms with Crippen molar-refractivity contribution in [3.63, 3.8) is 0 Å². The largest absolute Gasteiger partial charge is 0.426 e. The second-order valence-corrected chi connectivity index (χ2v) is 11.5. The van der Waals surface area contributed by atoms with Crippen LogP contribution in [-0.4, -0.2) is 5.97 Å². The molecule has 3 heteroatoms. The molecule has 0 atom stereocenters. The van der Waals surface area contributed by atoms with Gasteiger partial charge in [-0.15, -0.1) is 0 Å². The van der Waals surface area contributed by atoms with Crippen molar-refractivity contribution < 1.29 is 9.53 Å². The molecule has 0 spiro atoms. The minimum absolute atomic E-state index is 0.101. The van der Waals surface area contributed by atoms with Crippen molar-refractivity contribution in [3.8, 4) is 22.9 Å². The van der Waals surface area contributed by atoms with Gasteiger partial charge in [0.1, 0.15) is 5.75 Å². The number of nitriles is 1. The Morgan fingerprint density at radius 2 is 1.32 bits per heavy atom. The van der Waals surface area contributed by atoms with Gasteiger partial charge in [0.05, 0.1) is 17.4 Å². The molecule has 0 radical (unpaired) electrons. The average Bonchev–Trinajstić information content (AvgIpc) is 2.96. The van der Waals surface area contributed by atoms with Crippen LogP contribution >= 0.6 is 0 Å². The van der Waals surface area contributed by atoms with E-state index >= 15 is 0 Å². The molecule has 2 aromatic rings. The first-order valence-electron chi connectivity index (χ1n) is 15.4. The highest BCUT2D eigenvalue weighted by atomic mass is 16.5. The lowest BCUT2D eigenvalue weighted by molar-refractivity contribution is -0.140. The molecule has 3 rings (SSSR count). The zero-order chi connectivity index (χ0) is 27.1. The van der Waals surface area contributed by atoms with Gasteiger partial charge in [0.25, 0.3) is 0 Å². The van der Waals surface area contributed by atoms with Gasteiger partial charge < -0.3 is 4.74 Å². The molecule has 1 saturated carbocycles. The van der Waals surface area contributed by atoms with Crippen LogP contribution in [-0.2, 0) is 11.2 Å². The summed E-state index contributed by atoms with van der Waals surface area (Å²) in [6.45, 7) is 4.48. The maximum atomic E-state index is 12.8. The Labute approximate surface area is 232 Å². The molecular weight excluding hydrogens is 466 g/mol. The third-order valence-electron chi connectivity index (χ3n) is 8.45. The summed E-state index contributed by atoms with van der Waals surface area (Å²) in [5.74, 6) is 0.355. The number of carbonyl (C=O) groups excluding carboxylic acids is 1. The molecule has 0 bridgehead atoms. The Balaban J connectivity index is 1.42. The van der Waals surface area contributed by atoms with E-state index in [1.165, 1.54) is 75.3 Å². The maximum absolute atomic E-state index is 12.8. The van der Waals surface area contributed by atoms with Gasteiger partial charge in [-0.1, -0.05) is 114 Å². The van der Waals surface area contributed by atoms with Crippen LogP contribution in [0.15, 0.2) is 48.5 Å². The molecule has 0 aromatic heterocycles. The lowest BCUT2D eigenvalue weighted by Gasteiger charge is -2.34. The minimum Gasteiger partial charge on any atom is -0.426 e. The van der Waals surface area contributed by atoms with Gasteiger partial charge in [0, 0.05) is 0 Å². The Morgan fingerprint density at radius 3 is 1.89 bits per heavy atom. The van der Waals surface area contributed by atoms with Crippen molar-refractivity contribution in [2.45, 2.75) is 123 Å². The van der Waals surface area contributed by atoms with E-state index in [9.17, 15) is 10.1 Å². The lowest BCUT2D eigenvalue weighted by Crippen LogP contribution is -2.31. The molecule has 1 fully saturated rings. The van der Waals surface area contributed by atoms with Crippen molar-refractivity contribution in [2.75, 3.05) is 0 Å². The van der Waals surface area contributed by atoms with Crippen LogP contribution < -0.4 is 4.74 Å². The minimum atomic E-state index is -0.241. The fourth-order valence-corrected chi connectivity index (χ4v) is 5.78. The van der Waals surface area contributed by atoms with Crippen LogP contribution in [0.1, 0.15) is 122 Å². The maximum Gasteiger partial charge on any atom is 0.314 e. The van der Waals surface area contributed by atoms with Crippen molar-refractivity contribution in [3.05, 3.63) is 54.1 Å². The lowest BCUT2D eigenvalue weighted by atomic mass is 9.69. The van der Waals surface area contributed by atoms with Crippen molar-refractivity contribution in [1.82, 2.24) is 0 Å².